The summed E-state index contributed by atoms with van der Waals surface area (Å²) in [6, 6.07) is 7.95. The molecule has 0 heterocycles. The van der Waals surface area contributed by atoms with Crippen LogP contribution in [-0.2, 0) is 16.1 Å². The molecule has 0 aliphatic carbocycles. The fourth-order valence-corrected chi connectivity index (χ4v) is 1.78. The fraction of sp³-hybridized carbons (Fsp3) is 0.500. The molecule has 2 N–H and O–H groups in total. The second-order valence-electron chi connectivity index (χ2n) is 5.00. The quantitative estimate of drug-likeness (QED) is 0.565. The van der Waals surface area contributed by atoms with Gasteiger partial charge >= 0.3 is 0 Å². The molecule has 2 amide bonds. The first kappa shape index (κ1) is 16.2. The second kappa shape index (κ2) is 9.13. The molecule has 0 fully saturated rings. The first-order valence-electron chi connectivity index (χ1n) is 7.20. The summed E-state index contributed by atoms with van der Waals surface area (Å²) >= 11 is 0. The largest absolute Gasteiger partial charge is 0.356 e. The predicted octanol–water partition coefficient (Wildman–Crippen LogP) is 2.31. The van der Waals surface area contributed by atoms with E-state index >= 15 is 0 Å². The molecule has 0 saturated heterocycles. The Kier molecular flexibility index (Phi) is 7.40. The lowest BCUT2D eigenvalue weighted by Crippen LogP contribution is -2.32. The van der Waals surface area contributed by atoms with Crippen LogP contribution in [0, 0.1) is 6.92 Å². The van der Waals surface area contributed by atoms with Gasteiger partial charge < -0.3 is 10.6 Å². The number of nitrogens with one attached hydrogen (secondary N) is 2. The van der Waals surface area contributed by atoms with E-state index in [-0.39, 0.29) is 18.2 Å². The van der Waals surface area contributed by atoms with Crippen LogP contribution in [0.4, 0.5) is 0 Å². The van der Waals surface area contributed by atoms with Crippen LogP contribution in [0.2, 0.25) is 0 Å². The van der Waals surface area contributed by atoms with Crippen molar-refractivity contribution in [3.05, 3.63) is 35.4 Å². The second-order valence-corrected chi connectivity index (χ2v) is 5.00. The summed E-state index contributed by atoms with van der Waals surface area (Å²) in [5.41, 5.74) is 2.22. The van der Waals surface area contributed by atoms with Crippen molar-refractivity contribution in [2.45, 2.75) is 46.1 Å². The number of hydrogen-bond donors (Lipinski definition) is 2. The fourth-order valence-electron chi connectivity index (χ4n) is 1.78. The molecule has 1 aromatic carbocycles. The Labute approximate surface area is 121 Å². The van der Waals surface area contributed by atoms with E-state index in [1.165, 1.54) is 5.56 Å². The van der Waals surface area contributed by atoms with E-state index in [9.17, 15) is 9.59 Å². The van der Waals surface area contributed by atoms with Gasteiger partial charge in [-0.15, -0.1) is 0 Å². The summed E-state index contributed by atoms with van der Waals surface area (Å²) in [6.07, 6.45) is 3.08. The normalized spacial score (nSPS) is 10.1. The van der Waals surface area contributed by atoms with E-state index in [0.29, 0.717) is 13.1 Å². The van der Waals surface area contributed by atoms with Crippen LogP contribution < -0.4 is 10.6 Å². The van der Waals surface area contributed by atoms with Gasteiger partial charge in [-0.05, 0) is 18.9 Å². The van der Waals surface area contributed by atoms with Crippen LogP contribution in [0.3, 0.4) is 0 Å². The van der Waals surface area contributed by atoms with Crippen LogP contribution in [0.5, 0.6) is 0 Å². The zero-order valence-electron chi connectivity index (χ0n) is 12.4. The average Bonchev–Trinajstić information content (AvgIpc) is 2.43. The van der Waals surface area contributed by atoms with Gasteiger partial charge in [-0.25, -0.2) is 0 Å². The molecule has 0 bridgehead atoms. The van der Waals surface area contributed by atoms with Crippen molar-refractivity contribution in [3.63, 3.8) is 0 Å². The maximum Gasteiger partial charge on any atom is 0.229 e. The van der Waals surface area contributed by atoms with E-state index in [4.69, 9.17) is 0 Å². The molecule has 0 aliphatic rings. The minimum absolute atomic E-state index is 0.0992. The molecule has 0 aromatic heterocycles. The number of amides is 2. The summed E-state index contributed by atoms with van der Waals surface area (Å²) in [5, 5.41) is 5.51. The molecule has 1 aromatic rings. The average molecular weight is 276 g/mol. The van der Waals surface area contributed by atoms with Gasteiger partial charge in [0.2, 0.25) is 11.8 Å². The number of hydrogen-bond acceptors (Lipinski definition) is 2. The van der Waals surface area contributed by atoms with Crippen LogP contribution in [0.25, 0.3) is 0 Å². The Hall–Kier alpha value is -1.84. The third-order valence-electron chi connectivity index (χ3n) is 3.03. The molecule has 4 nitrogen and oxygen atoms in total. The number of benzene rings is 1. The van der Waals surface area contributed by atoms with Gasteiger partial charge in [-0.3, -0.25) is 9.59 Å². The Morgan fingerprint density at radius 1 is 1.00 bits per heavy atom. The van der Waals surface area contributed by atoms with Crippen LogP contribution in [0.15, 0.2) is 24.3 Å². The molecule has 0 atom stereocenters. The summed E-state index contributed by atoms with van der Waals surface area (Å²) in [7, 11) is 0. The molecule has 0 spiro atoms. The van der Waals surface area contributed by atoms with E-state index in [1.807, 2.05) is 31.2 Å². The van der Waals surface area contributed by atoms with E-state index in [1.54, 1.807) is 0 Å². The zero-order valence-corrected chi connectivity index (χ0v) is 12.4. The molecule has 110 valence electrons. The van der Waals surface area contributed by atoms with Crippen molar-refractivity contribution in [1.82, 2.24) is 10.6 Å². The van der Waals surface area contributed by atoms with Crippen LogP contribution in [0.1, 0.15) is 43.7 Å². The van der Waals surface area contributed by atoms with Crippen molar-refractivity contribution in [2.24, 2.45) is 0 Å². The Morgan fingerprint density at radius 2 is 1.65 bits per heavy atom. The van der Waals surface area contributed by atoms with E-state index < -0.39 is 0 Å². The molecule has 4 heteroatoms. The van der Waals surface area contributed by atoms with Crippen molar-refractivity contribution >= 4 is 11.8 Å². The van der Waals surface area contributed by atoms with Gasteiger partial charge in [0.1, 0.15) is 6.42 Å². The molecular weight excluding hydrogens is 252 g/mol. The Balaban J connectivity index is 2.19. The van der Waals surface area contributed by atoms with Crippen LogP contribution >= 0.6 is 0 Å². The molecule has 0 saturated carbocycles. The maximum absolute atomic E-state index is 11.6. The lowest BCUT2D eigenvalue weighted by Gasteiger charge is -2.07. The Morgan fingerprint density at radius 3 is 2.30 bits per heavy atom. The van der Waals surface area contributed by atoms with Gasteiger partial charge in [0, 0.05) is 13.1 Å². The lowest BCUT2D eigenvalue weighted by molar-refractivity contribution is -0.129. The minimum atomic E-state index is -0.237. The van der Waals surface area contributed by atoms with Gasteiger partial charge in [0.05, 0.1) is 0 Å². The number of carbonyl (C=O) groups excluding carboxylic acids is 2. The molecular formula is C16H24N2O2. The summed E-state index contributed by atoms with van der Waals surface area (Å²) in [6.45, 7) is 5.24. The standard InChI is InChI=1S/C16H24N2O2/c1-3-4-5-10-17-15(19)11-16(20)18-12-14-8-6-13(2)7-9-14/h6-9H,3-5,10-12H2,1-2H3,(H,17,19)(H,18,20). The number of aryl methyl sites for hydroxylation is 1. The molecule has 0 radical (unpaired) electrons. The molecule has 1 rings (SSSR count). The summed E-state index contributed by atoms with van der Waals surface area (Å²) in [5.74, 6) is -0.443. The first-order chi connectivity index (χ1) is 9.61. The SMILES string of the molecule is CCCCCNC(=O)CC(=O)NCc1ccc(C)cc1. The van der Waals surface area contributed by atoms with E-state index in [2.05, 4.69) is 17.6 Å². The highest BCUT2D eigenvalue weighted by Gasteiger charge is 2.08. The third-order valence-corrected chi connectivity index (χ3v) is 3.03. The van der Waals surface area contributed by atoms with Crippen LogP contribution in [-0.4, -0.2) is 18.4 Å². The molecule has 0 unspecified atom stereocenters. The molecule has 0 aliphatic heterocycles. The van der Waals surface area contributed by atoms with Gasteiger partial charge in [-0.1, -0.05) is 49.6 Å². The number of rotatable bonds is 8. The van der Waals surface area contributed by atoms with E-state index in [0.717, 1.165) is 24.8 Å². The van der Waals surface area contributed by atoms with Crippen molar-refractivity contribution in [1.29, 1.82) is 0 Å². The maximum atomic E-state index is 11.6. The smallest absolute Gasteiger partial charge is 0.229 e. The predicted molar refractivity (Wildman–Crippen MR) is 80.2 cm³/mol. The first-order valence-corrected chi connectivity index (χ1v) is 7.20. The minimum Gasteiger partial charge on any atom is -0.356 e. The van der Waals surface area contributed by atoms with Gasteiger partial charge in [0.15, 0.2) is 0 Å². The zero-order chi connectivity index (χ0) is 14.8. The highest BCUT2D eigenvalue weighted by Crippen LogP contribution is 2.02. The summed E-state index contributed by atoms with van der Waals surface area (Å²) < 4.78 is 0. The van der Waals surface area contributed by atoms with Crippen molar-refractivity contribution < 1.29 is 9.59 Å². The Bertz CT molecular complexity index is 427. The van der Waals surface area contributed by atoms with Gasteiger partial charge in [0.25, 0.3) is 0 Å². The van der Waals surface area contributed by atoms with Crippen molar-refractivity contribution in [2.75, 3.05) is 6.54 Å². The topological polar surface area (TPSA) is 58.2 Å². The molecule has 20 heavy (non-hydrogen) atoms. The third kappa shape index (κ3) is 6.92. The number of carbonyl (C=O) groups is 2. The summed E-state index contributed by atoms with van der Waals surface area (Å²) in [4.78, 5) is 23.1. The van der Waals surface area contributed by atoms with Crippen molar-refractivity contribution in [3.8, 4) is 0 Å². The highest BCUT2D eigenvalue weighted by atomic mass is 16.2. The monoisotopic (exact) mass is 276 g/mol. The number of unbranched alkanes of at least 4 members (excludes halogenated alkanes) is 2. The van der Waals surface area contributed by atoms with Gasteiger partial charge in [-0.2, -0.15) is 0 Å². The lowest BCUT2D eigenvalue weighted by atomic mass is 10.1. The highest BCUT2D eigenvalue weighted by molar-refractivity contribution is 5.96.